The van der Waals surface area contributed by atoms with Crippen molar-refractivity contribution in [1.29, 1.82) is 0 Å². The lowest BCUT2D eigenvalue weighted by atomic mass is 9.98. The van der Waals surface area contributed by atoms with E-state index in [9.17, 15) is 0 Å². The van der Waals surface area contributed by atoms with Gasteiger partial charge in [-0.1, -0.05) is 0 Å². The average molecular weight is 317 g/mol. The topological polar surface area (TPSA) is 29.0 Å². The molecule has 0 unspecified atom stereocenters. The minimum atomic E-state index is 0.564. The van der Waals surface area contributed by atoms with Crippen LogP contribution in [0.25, 0.3) is 0 Å². The molecular weight excluding hydrogens is 301 g/mol. The molecule has 0 spiro atoms. The fourth-order valence-electron chi connectivity index (χ4n) is 2.25. The number of anilines is 1. The van der Waals surface area contributed by atoms with Gasteiger partial charge in [0.15, 0.2) is 0 Å². The molecule has 1 saturated heterocycles. The van der Waals surface area contributed by atoms with Crippen molar-refractivity contribution in [3.05, 3.63) is 16.0 Å². The maximum atomic E-state index is 4.41. The highest BCUT2D eigenvalue weighted by atomic mass is 127. The number of rotatable bonds is 1. The van der Waals surface area contributed by atoms with E-state index in [1.807, 2.05) is 12.4 Å². The van der Waals surface area contributed by atoms with E-state index in [1.54, 1.807) is 0 Å². The summed E-state index contributed by atoms with van der Waals surface area (Å²) in [5, 5.41) is 0. The molecule has 1 aromatic rings. The smallest absolute Gasteiger partial charge is 0.225 e. The van der Waals surface area contributed by atoms with E-state index in [0.717, 1.165) is 9.52 Å². The van der Waals surface area contributed by atoms with Gasteiger partial charge in [0.25, 0.3) is 0 Å². The third-order valence-corrected chi connectivity index (χ3v) is 3.59. The van der Waals surface area contributed by atoms with Crippen LogP contribution in [0.4, 0.5) is 5.95 Å². The fraction of sp³-hybridized carbons (Fsp3) is 0.636. The van der Waals surface area contributed by atoms with Gasteiger partial charge in [0.05, 0.1) is 0 Å². The summed E-state index contributed by atoms with van der Waals surface area (Å²) in [7, 11) is 0. The van der Waals surface area contributed by atoms with E-state index in [4.69, 9.17) is 0 Å². The standard InChI is InChI=1S/C11H16IN3/c1-8-4-3-5-9(2)15(8)11-13-6-10(12)7-14-11/h6-9H,3-5H2,1-2H3/t8-,9+. The van der Waals surface area contributed by atoms with Gasteiger partial charge in [-0.3, -0.25) is 0 Å². The van der Waals surface area contributed by atoms with Crippen molar-refractivity contribution in [2.75, 3.05) is 4.90 Å². The maximum absolute atomic E-state index is 4.41. The number of halogens is 1. The van der Waals surface area contributed by atoms with Gasteiger partial charge in [0.1, 0.15) is 0 Å². The van der Waals surface area contributed by atoms with Crippen LogP contribution >= 0.6 is 22.6 Å². The molecule has 15 heavy (non-hydrogen) atoms. The van der Waals surface area contributed by atoms with Crippen LogP contribution in [0.15, 0.2) is 12.4 Å². The Balaban J connectivity index is 2.23. The second kappa shape index (κ2) is 4.63. The van der Waals surface area contributed by atoms with Gasteiger partial charge in [-0.15, -0.1) is 0 Å². The second-order valence-electron chi connectivity index (χ2n) is 4.24. The molecule has 3 nitrogen and oxygen atoms in total. The molecule has 1 fully saturated rings. The van der Waals surface area contributed by atoms with Crippen molar-refractivity contribution >= 4 is 28.5 Å². The lowest BCUT2D eigenvalue weighted by Crippen LogP contribution is -2.44. The van der Waals surface area contributed by atoms with Crippen LogP contribution in [0.5, 0.6) is 0 Å². The van der Waals surface area contributed by atoms with E-state index in [-0.39, 0.29) is 0 Å². The average Bonchev–Trinajstić information content (AvgIpc) is 2.20. The van der Waals surface area contributed by atoms with Gasteiger partial charge >= 0.3 is 0 Å². The summed E-state index contributed by atoms with van der Waals surface area (Å²) in [5.74, 6) is 0.884. The summed E-state index contributed by atoms with van der Waals surface area (Å²) in [6.45, 7) is 4.52. The summed E-state index contributed by atoms with van der Waals surface area (Å²) in [6, 6.07) is 1.13. The van der Waals surface area contributed by atoms with Gasteiger partial charge in [0, 0.05) is 28.0 Å². The molecule has 0 aliphatic carbocycles. The van der Waals surface area contributed by atoms with Crippen molar-refractivity contribution in [1.82, 2.24) is 9.97 Å². The van der Waals surface area contributed by atoms with E-state index in [1.165, 1.54) is 19.3 Å². The van der Waals surface area contributed by atoms with Crippen LogP contribution in [0.3, 0.4) is 0 Å². The number of aromatic nitrogens is 2. The molecule has 0 bridgehead atoms. The summed E-state index contributed by atoms with van der Waals surface area (Å²) in [6.07, 6.45) is 7.59. The monoisotopic (exact) mass is 317 g/mol. The zero-order valence-electron chi connectivity index (χ0n) is 9.15. The molecule has 1 aliphatic heterocycles. The van der Waals surface area contributed by atoms with Crippen molar-refractivity contribution in [2.45, 2.75) is 45.2 Å². The third-order valence-electron chi connectivity index (χ3n) is 3.03. The summed E-state index contributed by atoms with van der Waals surface area (Å²) < 4.78 is 1.09. The van der Waals surface area contributed by atoms with Crippen LogP contribution < -0.4 is 4.90 Å². The molecule has 1 aromatic heterocycles. The molecule has 1 aliphatic rings. The van der Waals surface area contributed by atoms with Crippen LogP contribution in [0.1, 0.15) is 33.1 Å². The molecule has 0 radical (unpaired) electrons. The van der Waals surface area contributed by atoms with Crippen molar-refractivity contribution in [3.8, 4) is 0 Å². The first-order valence-electron chi connectivity index (χ1n) is 5.44. The van der Waals surface area contributed by atoms with Crippen molar-refractivity contribution in [3.63, 3.8) is 0 Å². The van der Waals surface area contributed by atoms with Gasteiger partial charge in [-0.05, 0) is 55.7 Å². The van der Waals surface area contributed by atoms with Crippen molar-refractivity contribution < 1.29 is 0 Å². The van der Waals surface area contributed by atoms with Crippen LogP contribution in [-0.4, -0.2) is 22.1 Å². The Morgan fingerprint density at radius 2 is 1.73 bits per heavy atom. The lowest BCUT2D eigenvalue weighted by Gasteiger charge is -2.38. The molecule has 0 aromatic carbocycles. The quantitative estimate of drug-likeness (QED) is 0.746. The maximum Gasteiger partial charge on any atom is 0.225 e. The van der Waals surface area contributed by atoms with E-state index in [0.29, 0.717) is 12.1 Å². The second-order valence-corrected chi connectivity index (χ2v) is 5.48. The van der Waals surface area contributed by atoms with E-state index < -0.39 is 0 Å². The Morgan fingerprint density at radius 1 is 1.20 bits per heavy atom. The van der Waals surface area contributed by atoms with Crippen LogP contribution in [-0.2, 0) is 0 Å². The molecule has 2 rings (SSSR count). The lowest BCUT2D eigenvalue weighted by molar-refractivity contribution is 0.407. The fourth-order valence-corrected chi connectivity index (χ4v) is 2.53. The summed E-state index contributed by atoms with van der Waals surface area (Å²) >= 11 is 2.23. The summed E-state index contributed by atoms with van der Waals surface area (Å²) in [5.41, 5.74) is 0. The molecule has 2 heterocycles. The first-order valence-corrected chi connectivity index (χ1v) is 6.52. The number of nitrogens with zero attached hydrogens (tertiary/aromatic N) is 3. The van der Waals surface area contributed by atoms with Crippen LogP contribution in [0.2, 0.25) is 0 Å². The molecule has 4 heteroatoms. The van der Waals surface area contributed by atoms with Gasteiger partial charge < -0.3 is 4.90 Å². The predicted octanol–water partition coefficient (Wildman–Crippen LogP) is 2.85. The first-order chi connectivity index (χ1) is 7.18. The largest absolute Gasteiger partial charge is 0.335 e. The number of piperidine rings is 1. The molecule has 0 amide bonds. The van der Waals surface area contributed by atoms with Crippen LogP contribution in [0, 0.1) is 3.57 Å². The van der Waals surface area contributed by atoms with E-state index >= 15 is 0 Å². The Hall–Kier alpha value is -0.390. The van der Waals surface area contributed by atoms with Crippen molar-refractivity contribution in [2.24, 2.45) is 0 Å². The zero-order chi connectivity index (χ0) is 10.8. The minimum absolute atomic E-state index is 0.564. The SMILES string of the molecule is C[C@@H]1CCC[C@H](C)N1c1ncc(I)cn1. The Morgan fingerprint density at radius 3 is 2.27 bits per heavy atom. The highest BCUT2D eigenvalue weighted by Crippen LogP contribution is 2.26. The number of hydrogen-bond donors (Lipinski definition) is 0. The Labute approximate surface area is 104 Å². The molecule has 82 valence electrons. The summed E-state index contributed by atoms with van der Waals surface area (Å²) in [4.78, 5) is 11.2. The molecule has 0 N–H and O–H groups in total. The molecule has 2 atom stereocenters. The minimum Gasteiger partial charge on any atom is -0.335 e. The molecular formula is C11H16IN3. The number of hydrogen-bond acceptors (Lipinski definition) is 3. The highest BCUT2D eigenvalue weighted by molar-refractivity contribution is 14.1. The third kappa shape index (κ3) is 2.41. The zero-order valence-corrected chi connectivity index (χ0v) is 11.3. The molecule has 0 saturated carbocycles. The van der Waals surface area contributed by atoms with Gasteiger partial charge in [-0.2, -0.15) is 0 Å². The Bertz CT molecular complexity index is 315. The predicted molar refractivity (Wildman–Crippen MR) is 70.0 cm³/mol. The van der Waals surface area contributed by atoms with Gasteiger partial charge in [0.2, 0.25) is 5.95 Å². The Kier molecular flexibility index (Phi) is 3.43. The highest BCUT2D eigenvalue weighted by Gasteiger charge is 2.26. The van der Waals surface area contributed by atoms with E-state index in [2.05, 4.69) is 51.3 Å². The normalized spacial score (nSPS) is 26.7. The van der Waals surface area contributed by atoms with Gasteiger partial charge in [-0.25, -0.2) is 9.97 Å². The first kappa shape index (κ1) is 11.1.